The topological polar surface area (TPSA) is 59.1 Å². The number of Topliss-reactive ketones (excluding diaryl/α,β-unsaturated/α-hetero) is 1. The number of fused-ring (bicyclic) bond motifs is 2. The Morgan fingerprint density at radius 2 is 1.81 bits per heavy atom. The van der Waals surface area contributed by atoms with Crippen LogP contribution >= 0.6 is 0 Å². The smallest absolute Gasteiger partial charge is 0.229 e. The van der Waals surface area contributed by atoms with Gasteiger partial charge in [0.2, 0.25) is 5.91 Å². The van der Waals surface area contributed by atoms with Crippen molar-refractivity contribution in [2.24, 2.45) is 11.8 Å². The standard InChI is InChI=1S/C21H26N2O4/c24-20(15-4-5-18-19(12-15)27-11-10-26-18)14-6-8-22(9-7-14)13-23-17-3-1-2-16(17)21(23)25/h4-5,12,14,16-17H,1-3,6-11,13H2/t16-,17+/m0/s1. The lowest BCUT2D eigenvalue weighted by Gasteiger charge is -2.47. The third-order valence-electron chi connectivity index (χ3n) is 6.62. The molecule has 0 N–H and O–H groups in total. The fourth-order valence-electron chi connectivity index (χ4n) is 5.05. The second kappa shape index (κ2) is 6.82. The zero-order chi connectivity index (χ0) is 18.4. The summed E-state index contributed by atoms with van der Waals surface area (Å²) in [6.07, 6.45) is 5.12. The number of hydrogen-bond acceptors (Lipinski definition) is 5. The summed E-state index contributed by atoms with van der Waals surface area (Å²) in [5, 5.41) is 0. The van der Waals surface area contributed by atoms with Gasteiger partial charge in [0, 0.05) is 30.6 Å². The first kappa shape index (κ1) is 17.0. The molecule has 1 aromatic rings. The molecule has 4 aliphatic rings. The number of piperidine rings is 1. The molecule has 0 aromatic heterocycles. The number of carbonyl (C=O) groups is 2. The third kappa shape index (κ3) is 3.00. The van der Waals surface area contributed by atoms with Gasteiger partial charge in [-0.2, -0.15) is 0 Å². The number of rotatable bonds is 4. The van der Waals surface area contributed by atoms with Gasteiger partial charge in [0.05, 0.1) is 12.6 Å². The van der Waals surface area contributed by atoms with E-state index in [2.05, 4.69) is 9.80 Å². The van der Waals surface area contributed by atoms with Crippen LogP contribution in [0.1, 0.15) is 42.5 Å². The first-order valence-electron chi connectivity index (χ1n) is 10.2. The highest BCUT2D eigenvalue weighted by Crippen LogP contribution is 2.40. The Hall–Kier alpha value is -2.08. The fraction of sp³-hybridized carbons (Fsp3) is 0.619. The molecule has 6 nitrogen and oxygen atoms in total. The van der Waals surface area contributed by atoms with Crippen LogP contribution in [-0.4, -0.2) is 60.5 Å². The highest BCUT2D eigenvalue weighted by molar-refractivity contribution is 5.98. The second-order valence-electron chi connectivity index (χ2n) is 8.17. The molecule has 3 aliphatic heterocycles. The van der Waals surface area contributed by atoms with Crippen molar-refractivity contribution in [2.45, 2.75) is 38.1 Å². The molecule has 1 amide bonds. The molecule has 0 spiro atoms. The predicted molar refractivity (Wildman–Crippen MR) is 98.9 cm³/mol. The van der Waals surface area contributed by atoms with Crippen LogP contribution in [0.2, 0.25) is 0 Å². The Labute approximate surface area is 159 Å². The van der Waals surface area contributed by atoms with E-state index >= 15 is 0 Å². The average molecular weight is 370 g/mol. The number of benzene rings is 1. The number of β-lactam (4-membered cyclic amide) rings is 1. The van der Waals surface area contributed by atoms with Crippen LogP contribution in [0.4, 0.5) is 0 Å². The van der Waals surface area contributed by atoms with Crippen molar-refractivity contribution in [2.75, 3.05) is 33.0 Å². The van der Waals surface area contributed by atoms with Crippen LogP contribution < -0.4 is 9.47 Å². The monoisotopic (exact) mass is 370 g/mol. The number of hydrogen-bond donors (Lipinski definition) is 0. The van der Waals surface area contributed by atoms with Gasteiger partial charge in [-0.25, -0.2) is 0 Å². The molecule has 0 bridgehead atoms. The first-order valence-corrected chi connectivity index (χ1v) is 10.2. The molecule has 0 unspecified atom stereocenters. The van der Waals surface area contributed by atoms with E-state index in [1.54, 1.807) is 0 Å². The summed E-state index contributed by atoms with van der Waals surface area (Å²) in [6, 6.07) is 5.99. The maximum Gasteiger partial charge on any atom is 0.229 e. The third-order valence-corrected chi connectivity index (χ3v) is 6.62. The van der Waals surface area contributed by atoms with Gasteiger partial charge in [-0.15, -0.1) is 0 Å². The predicted octanol–water partition coefficient (Wildman–Crippen LogP) is 2.32. The van der Waals surface area contributed by atoms with Crippen LogP contribution in [0.25, 0.3) is 0 Å². The van der Waals surface area contributed by atoms with Crippen molar-refractivity contribution < 1.29 is 19.1 Å². The average Bonchev–Trinajstić information content (AvgIpc) is 3.16. The Morgan fingerprint density at radius 3 is 2.63 bits per heavy atom. The minimum atomic E-state index is 0.0510. The van der Waals surface area contributed by atoms with Crippen molar-refractivity contribution >= 4 is 11.7 Å². The van der Waals surface area contributed by atoms with E-state index in [0.717, 1.165) is 51.2 Å². The molecule has 1 aromatic carbocycles. The summed E-state index contributed by atoms with van der Waals surface area (Å²) in [5.74, 6) is 2.29. The van der Waals surface area contributed by atoms with Crippen molar-refractivity contribution in [3.63, 3.8) is 0 Å². The van der Waals surface area contributed by atoms with Gasteiger partial charge < -0.3 is 14.4 Å². The Morgan fingerprint density at radius 1 is 1.04 bits per heavy atom. The minimum Gasteiger partial charge on any atom is -0.486 e. The van der Waals surface area contributed by atoms with Crippen LogP contribution in [0, 0.1) is 11.8 Å². The number of nitrogens with zero attached hydrogens (tertiary/aromatic N) is 2. The molecule has 6 heteroatoms. The molecular weight excluding hydrogens is 344 g/mol. The van der Waals surface area contributed by atoms with Gasteiger partial charge in [-0.05, 0) is 43.9 Å². The Balaban J connectivity index is 1.17. The lowest BCUT2D eigenvalue weighted by molar-refractivity contribution is -0.158. The lowest BCUT2D eigenvalue weighted by atomic mass is 9.88. The van der Waals surface area contributed by atoms with Crippen molar-refractivity contribution in [3.05, 3.63) is 23.8 Å². The SMILES string of the molecule is O=C(c1ccc2c(c1)OCCO2)C1CCN(CN2C(=O)[C@H]3CCC[C@H]32)CC1. The van der Waals surface area contributed by atoms with E-state index in [1.165, 1.54) is 6.42 Å². The van der Waals surface area contributed by atoms with Crippen molar-refractivity contribution in [1.82, 2.24) is 9.80 Å². The molecule has 2 atom stereocenters. The van der Waals surface area contributed by atoms with Crippen LogP contribution in [-0.2, 0) is 4.79 Å². The molecule has 144 valence electrons. The van der Waals surface area contributed by atoms with Gasteiger partial charge in [0.15, 0.2) is 17.3 Å². The molecule has 5 rings (SSSR count). The highest BCUT2D eigenvalue weighted by atomic mass is 16.6. The van der Waals surface area contributed by atoms with Crippen LogP contribution in [0.15, 0.2) is 18.2 Å². The molecule has 3 fully saturated rings. The molecule has 27 heavy (non-hydrogen) atoms. The molecule has 1 saturated carbocycles. The van der Waals surface area contributed by atoms with Crippen LogP contribution in [0.5, 0.6) is 11.5 Å². The van der Waals surface area contributed by atoms with Gasteiger partial charge in [0.1, 0.15) is 13.2 Å². The largest absolute Gasteiger partial charge is 0.486 e. The van der Waals surface area contributed by atoms with Gasteiger partial charge in [0.25, 0.3) is 0 Å². The van der Waals surface area contributed by atoms with E-state index in [1.807, 2.05) is 18.2 Å². The summed E-state index contributed by atoms with van der Waals surface area (Å²) in [4.78, 5) is 29.5. The van der Waals surface area contributed by atoms with E-state index in [0.29, 0.717) is 42.4 Å². The number of carbonyl (C=O) groups excluding carboxylic acids is 2. The Bertz CT molecular complexity index is 757. The zero-order valence-electron chi connectivity index (χ0n) is 15.6. The van der Waals surface area contributed by atoms with Crippen molar-refractivity contribution in [3.8, 4) is 11.5 Å². The summed E-state index contributed by atoms with van der Waals surface area (Å²) < 4.78 is 11.1. The molecule has 1 aliphatic carbocycles. The highest BCUT2D eigenvalue weighted by Gasteiger charge is 2.49. The van der Waals surface area contributed by atoms with E-state index in [9.17, 15) is 9.59 Å². The van der Waals surface area contributed by atoms with Gasteiger partial charge in [-0.1, -0.05) is 6.42 Å². The quantitative estimate of drug-likeness (QED) is 0.601. The molecule has 2 saturated heterocycles. The zero-order valence-corrected chi connectivity index (χ0v) is 15.6. The lowest BCUT2D eigenvalue weighted by Crippen LogP contribution is -2.61. The van der Waals surface area contributed by atoms with E-state index in [-0.39, 0.29) is 11.7 Å². The summed E-state index contributed by atoms with van der Waals surface area (Å²) in [7, 11) is 0. The minimum absolute atomic E-state index is 0.0510. The second-order valence-corrected chi connectivity index (χ2v) is 8.17. The molecular formula is C21H26N2O4. The number of ketones is 1. The van der Waals surface area contributed by atoms with Crippen molar-refractivity contribution in [1.29, 1.82) is 0 Å². The number of amides is 1. The Kier molecular flexibility index (Phi) is 4.31. The molecule has 0 radical (unpaired) electrons. The maximum atomic E-state index is 12.9. The number of likely N-dealkylation sites (tertiary alicyclic amines) is 2. The van der Waals surface area contributed by atoms with Gasteiger partial charge in [-0.3, -0.25) is 14.5 Å². The fourth-order valence-corrected chi connectivity index (χ4v) is 5.05. The summed E-state index contributed by atoms with van der Waals surface area (Å²) in [6.45, 7) is 3.58. The maximum absolute atomic E-state index is 12.9. The van der Waals surface area contributed by atoms with Crippen LogP contribution in [0.3, 0.4) is 0 Å². The first-order chi connectivity index (χ1) is 13.2. The molecule has 3 heterocycles. The van der Waals surface area contributed by atoms with E-state index in [4.69, 9.17) is 9.47 Å². The normalized spacial score (nSPS) is 28.0. The van der Waals surface area contributed by atoms with E-state index < -0.39 is 0 Å². The summed E-state index contributed by atoms with van der Waals surface area (Å²) >= 11 is 0. The van der Waals surface area contributed by atoms with Gasteiger partial charge >= 0.3 is 0 Å². The number of ether oxygens (including phenoxy) is 2. The summed E-state index contributed by atoms with van der Waals surface area (Å²) in [5.41, 5.74) is 0.712.